The maximum atomic E-state index is 14.2. The normalized spacial score (nSPS) is 15.2. The number of hydrogen-bond acceptors (Lipinski definition) is 5. The molecule has 1 fully saturated rings. The summed E-state index contributed by atoms with van der Waals surface area (Å²) in [4.78, 5) is 26.1. The number of halogens is 1. The van der Waals surface area contributed by atoms with Crippen molar-refractivity contribution in [1.29, 1.82) is 0 Å². The molecule has 1 aliphatic rings. The molecule has 126 valence electrons. The van der Waals surface area contributed by atoms with E-state index in [1.54, 1.807) is 11.0 Å². The van der Waals surface area contributed by atoms with Gasteiger partial charge < -0.3 is 9.80 Å². The van der Waals surface area contributed by atoms with Gasteiger partial charge in [0.05, 0.1) is 22.2 Å². The predicted octanol–water partition coefficient (Wildman–Crippen LogP) is 3.15. The monoisotopic (exact) mass is 349 g/mol. The molecule has 0 spiro atoms. The molecule has 1 aromatic carbocycles. The summed E-state index contributed by atoms with van der Waals surface area (Å²) in [5.41, 5.74) is 0.751. The number of rotatable bonds is 3. The fourth-order valence-corrected chi connectivity index (χ4v) is 3.43. The SMILES string of the molecule is O=C(c1ccsc1)N1CCCN(c2ccc([N+](=O)[O-])cc2F)CC1. The number of carbonyl (C=O) groups excluding carboxylic acids is 1. The molecule has 3 rings (SSSR count). The van der Waals surface area contributed by atoms with Gasteiger partial charge in [-0.25, -0.2) is 4.39 Å². The largest absolute Gasteiger partial charge is 0.367 e. The summed E-state index contributed by atoms with van der Waals surface area (Å²) < 4.78 is 14.2. The summed E-state index contributed by atoms with van der Waals surface area (Å²) in [6.45, 7) is 2.19. The van der Waals surface area contributed by atoms with Gasteiger partial charge in [0.1, 0.15) is 0 Å². The van der Waals surface area contributed by atoms with Gasteiger partial charge in [-0.2, -0.15) is 11.3 Å². The van der Waals surface area contributed by atoms with Crippen LogP contribution >= 0.6 is 11.3 Å². The molecular weight excluding hydrogens is 333 g/mol. The van der Waals surface area contributed by atoms with E-state index in [1.807, 2.05) is 15.7 Å². The third-order valence-electron chi connectivity index (χ3n) is 4.03. The molecule has 1 aromatic heterocycles. The van der Waals surface area contributed by atoms with E-state index in [0.717, 1.165) is 6.07 Å². The molecule has 1 saturated heterocycles. The molecule has 0 aliphatic carbocycles. The first-order valence-electron chi connectivity index (χ1n) is 7.56. The molecule has 1 amide bonds. The van der Waals surface area contributed by atoms with Crippen molar-refractivity contribution in [2.75, 3.05) is 31.1 Å². The van der Waals surface area contributed by atoms with E-state index >= 15 is 0 Å². The maximum absolute atomic E-state index is 14.2. The highest BCUT2D eigenvalue weighted by Gasteiger charge is 2.22. The van der Waals surface area contributed by atoms with Gasteiger partial charge in [-0.3, -0.25) is 14.9 Å². The number of anilines is 1. The Kier molecular flexibility index (Phi) is 4.75. The van der Waals surface area contributed by atoms with Crippen LogP contribution in [-0.2, 0) is 0 Å². The zero-order chi connectivity index (χ0) is 17.1. The number of carbonyl (C=O) groups is 1. The van der Waals surface area contributed by atoms with Crippen LogP contribution in [0.2, 0.25) is 0 Å². The quantitative estimate of drug-likeness (QED) is 0.631. The van der Waals surface area contributed by atoms with Crippen LogP contribution in [0.5, 0.6) is 0 Å². The Bertz CT molecular complexity index is 751. The summed E-state index contributed by atoms with van der Waals surface area (Å²) >= 11 is 1.48. The van der Waals surface area contributed by atoms with Crippen LogP contribution in [0.25, 0.3) is 0 Å². The molecule has 1 aliphatic heterocycles. The number of hydrogen-bond donors (Lipinski definition) is 0. The lowest BCUT2D eigenvalue weighted by atomic mass is 10.2. The zero-order valence-corrected chi connectivity index (χ0v) is 13.7. The van der Waals surface area contributed by atoms with Crippen molar-refractivity contribution >= 4 is 28.6 Å². The molecule has 24 heavy (non-hydrogen) atoms. The standard InChI is InChI=1S/C16H16FN3O3S/c17-14-10-13(20(22)23)2-3-15(14)18-5-1-6-19(8-7-18)16(21)12-4-9-24-11-12/h2-4,9-11H,1,5-8H2. The van der Waals surface area contributed by atoms with E-state index in [1.165, 1.54) is 23.5 Å². The number of amides is 1. The van der Waals surface area contributed by atoms with Gasteiger partial charge in [-0.05, 0) is 23.9 Å². The Balaban J connectivity index is 1.72. The second-order valence-electron chi connectivity index (χ2n) is 5.54. The molecule has 0 saturated carbocycles. The average Bonchev–Trinajstić information content (AvgIpc) is 2.99. The number of nitrogens with zero attached hydrogens (tertiary/aromatic N) is 3. The Labute approximate surface area is 142 Å². The van der Waals surface area contributed by atoms with E-state index in [2.05, 4.69) is 0 Å². The van der Waals surface area contributed by atoms with Crippen LogP contribution in [-0.4, -0.2) is 41.9 Å². The van der Waals surface area contributed by atoms with Gasteiger partial charge in [-0.15, -0.1) is 0 Å². The highest BCUT2D eigenvalue weighted by molar-refractivity contribution is 7.08. The summed E-state index contributed by atoms with van der Waals surface area (Å²) in [7, 11) is 0. The van der Waals surface area contributed by atoms with Crippen LogP contribution in [0.4, 0.5) is 15.8 Å². The molecule has 0 radical (unpaired) electrons. The maximum Gasteiger partial charge on any atom is 0.272 e. The lowest BCUT2D eigenvalue weighted by molar-refractivity contribution is -0.385. The summed E-state index contributed by atoms with van der Waals surface area (Å²) in [5, 5.41) is 14.4. The van der Waals surface area contributed by atoms with Crippen LogP contribution < -0.4 is 4.90 Å². The summed E-state index contributed by atoms with van der Waals surface area (Å²) in [6.07, 6.45) is 0.715. The molecule has 2 heterocycles. The van der Waals surface area contributed by atoms with Crippen molar-refractivity contribution < 1.29 is 14.1 Å². The smallest absolute Gasteiger partial charge is 0.272 e. The number of nitro benzene ring substituents is 1. The van der Waals surface area contributed by atoms with Crippen molar-refractivity contribution in [1.82, 2.24) is 4.90 Å². The van der Waals surface area contributed by atoms with Crippen molar-refractivity contribution in [2.24, 2.45) is 0 Å². The third kappa shape index (κ3) is 3.38. The van der Waals surface area contributed by atoms with Gasteiger partial charge in [0.25, 0.3) is 11.6 Å². The molecule has 0 unspecified atom stereocenters. The van der Waals surface area contributed by atoms with Gasteiger partial charge in [-0.1, -0.05) is 0 Å². The van der Waals surface area contributed by atoms with E-state index in [-0.39, 0.29) is 11.6 Å². The molecule has 0 bridgehead atoms. The van der Waals surface area contributed by atoms with Crippen molar-refractivity contribution in [3.63, 3.8) is 0 Å². The first-order valence-corrected chi connectivity index (χ1v) is 8.51. The molecule has 0 N–H and O–H groups in total. The van der Waals surface area contributed by atoms with E-state index in [0.29, 0.717) is 43.9 Å². The second-order valence-corrected chi connectivity index (χ2v) is 6.32. The van der Waals surface area contributed by atoms with Crippen LogP contribution in [0.1, 0.15) is 16.8 Å². The Morgan fingerprint density at radius 2 is 2.04 bits per heavy atom. The molecule has 6 nitrogen and oxygen atoms in total. The average molecular weight is 349 g/mol. The minimum absolute atomic E-state index is 0.0118. The number of benzene rings is 1. The van der Waals surface area contributed by atoms with Gasteiger partial charge in [0.15, 0.2) is 5.82 Å². The minimum atomic E-state index is -0.615. The first-order chi connectivity index (χ1) is 11.6. The Hall–Kier alpha value is -2.48. The number of non-ortho nitro benzene ring substituents is 1. The van der Waals surface area contributed by atoms with Crippen molar-refractivity contribution in [2.45, 2.75) is 6.42 Å². The lowest BCUT2D eigenvalue weighted by Crippen LogP contribution is -2.35. The Morgan fingerprint density at radius 3 is 2.71 bits per heavy atom. The van der Waals surface area contributed by atoms with E-state index in [9.17, 15) is 19.3 Å². The van der Waals surface area contributed by atoms with Crippen LogP contribution in [0.15, 0.2) is 35.0 Å². The highest BCUT2D eigenvalue weighted by Crippen LogP contribution is 2.25. The van der Waals surface area contributed by atoms with Crippen molar-refractivity contribution in [3.05, 3.63) is 56.5 Å². The first kappa shape index (κ1) is 16.4. The van der Waals surface area contributed by atoms with Crippen molar-refractivity contribution in [3.8, 4) is 0 Å². The van der Waals surface area contributed by atoms with Gasteiger partial charge in [0.2, 0.25) is 0 Å². The highest BCUT2D eigenvalue weighted by atomic mass is 32.1. The van der Waals surface area contributed by atoms with E-state index < -0.39 is 10.7 Å². The van der Waals surface area contributed by atoms with Gasteiger partial charge in [0, 0.05) is 37.6 Å². The van der Waals surface area contributed by atoms with Crippen LogP contribution in [0, 0.1) is 15.9 Å². The Morgan fingerprint density at radius 1 is 1.21 bits per heavy atom. The molecule has 8 heteroatoms. The van der Waals surface area contributed by atoms with Gasteiger partial charge >= 0.3 is 0 Å². The summed E-state index contributed by atoms with van der Waals surface area (Å²) in [6, 6.07) is 5.47. The second kappa shape index (κ2) is 6.96. The molecule has 2 aromatic rings. The third-order valence-corrected chi connectivity index (χ3v) is 4.72. The molecular formula is C16H16FN3O3S. The molecule has 0 atom stereocenters. The zero-order valence-electron chi connectivity index (χ0n) is 12.9. The predicted molar refractivity (Wildman–Crippen MR) is 90.1 cm³/mol. The lowest BCUT2D eigenvalue weighted by Gasteiger charge is -2.24. The van der Waals surface area contributed by atoms with Crippen LogP contribution in [0.3, 0.4) is 0 Å². The fraction of sp³-hybridized carbons (Fsp3) is 0.312. The number of thiophene rings is 1. The number of nitro groups is 1. The summed E-state index contributed by atoms with van der Waals surface area (Å²) in [5.74, 6) is -0.621. The topological polar surface area (TPSA) is 66.7 Å². The minimum Gasteiger partial charge on any atom is -0.367 e. The van der Waals surface area contributed by atoms with E-state index in [4.69, 9.17) is 0 Å². The fourth-order valence-electron chi connectivity index (χ4n) is 2.80.